The average Bonchev–Trinajstić information content (AvgIpc) is 2.26. The zero-order chi connectivity index (χ0) is 15.8. The third-order valence-corrected chi connectivity index (χ3v) is 3.40. The van der Waals surface area contributed by atoms with Gasteiger partial charge in [0.05, 0.1) is 16.8 Å². The van der Waals surface area contributed by atoms with Crippen LogP contribution in [0, 0.1) is 0 Å². The number of halogens is 3. The highest BCUT2D eigenvalue weighted by molar-refractivity contribution is 6.60. The molecule has 0 aliphatic rings. The Bertz CT molecular complexity index is 449. The van der Waals surface area contributed by atoms with Crippen LogP contribution in [0.25, 0.3) is 0 Å². The maximum absolute atomic E-state index is 12.4. The van der Waals surface area contributed by atoms with Gasteiger partial charge in [-0.2, -0.15) is 13.2 Å². The monoisotopic (exact) mass is 290 g/mol. The molecule has 0 unspecified atom stereocenters. The van der Waals surface area contributed by atoms with E-state index in [4.69, 9.17) is 4.65 Å². The Kier molecular flexibility index (Phi) is 4.58. The Morgan fingerprint density at radius 1 is 1.00 bits per heavy atom. The molecule has 0 saturated heterocycles. The van der Waals surface area contributed by atoms with Gasteiger partial charge in [-0.25, -0.2) is 0 Å². The van der Waals surface area contributed by atoms with Crippen LogP contribution in [-0.4, -0.2) is 28.5 Å². The quantitative estimate of drug-likeness (QED) is 0.833. The molecule has 1 aromatic carbocycles. The molecule has 0 aliphatic heterocycles. The van der Waals surface area contributed by atoms with Gasteiger partial charge in [-0.1, -0.05) is 24.3 Å². The average molecular weight is 290 g/mol. The first-order valence-electron chi connectivity index (χ1n) is 6.10. The van der Waals surface area contributed by atoms with Crippen molar-refractivity contribution in [2.45, 2.75) is 45.1 Å². The summed E-state index contributed by atoms with van der Waals surface area (Å²) in [5.74, 6) is 0. The summed E-state index contributed by atoms with van der Waals surface area (Å²) in [4.78, 5) is 0. The summed E-state index contributed by atoms with van der Waals surface area (Å²) in [7, 11) is -1.42. The molecule has 0 atom stereocenters. The fraction of sp³-hybridized carbons (Fsp3) is 0.538. The SMILES string of the molecule is CC(C)(O)C(C)(C)OB(O)c1ccc(C(F)(F)F)cc1. The number of alkyl halides is 3. The first-order valence-corrected chi connectivity index (χ1v) is 6.10. The van der Waals surface area contributed by atoms with E-state index in [0.29, 0.717) is 0 Å². The second-order valence-corrected chi connectivity index (χ2v) is 5.66. The van der Waals surface area contributed by atoms with E-state index in [1.165, 1.54) is 13.8 Å². The maximum Gasteiger partial charge on any atom is 0.491 e. The zero-order valence-corrected chi connectivity index (χ0v) is 11.8. The van der Waals surface area contributed by atoms with E-state index < -0.39 is 30.1 Å². The number of benzene rings is 1. The molecule has 0 bridgehead atoms. The van der Waals surface area contributed by atoms with Crippen LogP contribution in [0.4, 0.5) is 13.2 Å². The smallest absolute Gasteiger partial charge is 0.423 e. The van der Waals surface area contributed by atoms with Crippen LogP contribution in [-0.2, 0) is 10.8 Å². The fourth-order valence-corrected chi connectivity index (χ4v) is 1.33. The zero-order valence-electron chi connectivity index (χ0n) is 11.8. The van der Waals surface area contributed by atoms with Crippen molar-refractivity contribution in [2.24, 2.45) is 0 Å². The minimum Gasteiger partial charge on any atom is -0.423 e. The Balaban J connectivity index is 2.87. The van der Waals surface area contributed by atoms with Gasteiger partial charge in [-0.15, -0.1) is 0 Å². The highest BCUT2D eigenvalue weighted by atomic mass is 19.4. The molecular weight excluding hydrogens is 272 g/mol. The van der Waals surface area contributed by atoms with E-state index >= 15 is 0 Å². The standard InChI is InChI=1S/C13H18BF3O3/c1-11(2,18)12(3,4)20-14(19)10-7-5-9(6-8-10)13(15,16)17/h5-8,18-19H,1-4H3. The van der Waals surface area contributed by atoms with E-state index in [2.05, 4.69) is 0 Å². The lowest BCUT2D eigenvalue weighted by Gasteiger charge is -2.38. The number of rotatable bonds is 4. The van der Waals surface area contributed by atoms with Crippen LogP contribution in [0.15, 0.2) is 24.3 Å². The Morgan fingerprint density at radius 3 is 1.80 bits per heavy atom. The molecule has 112 valence electrons. The van der Waals surface area contributed by atoms with Crippen LogP contribution in [0.3, 0.4) is 0 Å². The summed E-state index contributed by atoms with van der Waals surface area (Å²) in [6.07, 6.45) is -4.42. The van der Waals surface area contributed by atoms with Gasteiger partial charge in [-0.05, 0) is 33.2 Å². The molecule has 7 heteroatoms. The van der Waals surface area contributed by atoms with E-state index in [-0.39, 0.29) is 5.46 Å². The van der Waals surface area contributed by atoms with Gasteiger partial charge in [0.2, 0.25) is 0 Å². The molecule has 0 amide bonds. The molecule has 0 saturated carbocycles. The molecular formula is C13H18BF3O3. The van der Waals surface area contributed by atoms with Crippen LogP contribution >= 0.6 is 0 Å². The summed E-state index contributed by atoms with van der Waals surface area (Å²) in [6.45, 7) is 6.21. The minimum atomic E-state index is -4.42. The molecule has 1 rings (SSSR count). The molecule has 2 N–H and O–H groups in total. The van der Waals surface area contributed by atoms with Crippen molar-refractivity contribution in [3.63, 3.8) is 0 Å². The minimum absolute atomic E-state index is 0.190. The van der Waals surface area contributed by atoms with Crippen LogP contribution < -0.4 is 5.46 Å². The largest absolute Gasteiger partial charge is 0.491 e. The lowest BCUT2D eigenvalue weighted by Crippen LogP contribution is -2.53. The van der Waals surface area contributed by atoms with Crippen molar-refractivity contribution in [1.29, 1.82) is 0 Å². The molecule has 0 heterocycles. The highest BCUT2D eigenvalue weighted by Gasteiger charge is 2.39. The van der Waals surface area contributed by atoms with E-state index in [1.807, 2.05) is 0 Å². The summed E-state index contributed by atoms with van der Waals surface area (Å²) >= 11 is 0. The van der Waals surface area contributed by atoms with Gasteiger partial charge in [0, 0.05) is 0 Å². The fourth-order valence-electron chi connectivity index (χ4n) is 1.33. The number of aliphatic hydroxyl groups is 1. The van der Waals surface area contributed by atoms with Crippen LogP contribution in [0.1, 0.15) is 33.3 Å². The van der Waals surface area contributed by atoms with Crippen molar-refractivity contribution in [1.82, 2.24) is 0 Å². The molecule has 1 aromatic rings. The lowest BCUT2D eigenvalue weighted by molar-refractivity contribution is -0.137. The van der Waals surface area contributed by atoms with Crippen molar-refractivity contribution >= 4 is 12.6 Å². The summed E-state index contributed by atoms with van der Waals surface area (Å²) in [5, 5.41) is 19.8. The van der Waals surface area contributed by atoms with Crippen molar-refractivity contribution in [3.8, 4) is 0 Å². The van der Waals surface area contributed by atoms with Gasteiger partial charge in [0.15, 0.2) is 0 Å². The van der Waals surface area contributed by atoms with Crippen molar-refractivity contribution in [2.75, 3.05) is 0 Å². The van der Waals surface area contributed by atoms with Gasteiger partial charge in [0.25, 0.3) is 0 Å². The predicted octanol–water partition coefficient (Wildman–Crippen LogP) is 1.96. The number of hydrogen-bond acceptors (Lipinski definition) is 3. The molecule has 0 aromatic heterocycles. The molecule has 0 spiro atoms. The van der Waals surface area contributed by atoms with Gasteiger partial charge in [-0.3, -0.25) is 0 Å². The van der Waals surface area contributed by atoms with E-state index in [1.54, 1.807) is 13.8 Å². The molecule has 0 fully saturated rings. The normalized spacial score (nSPS) is 13.4. The summed E-state index contributed by atoms with van der Waals surface area (Å²) in [5.41, 5.74) is -2.90. The van der Waals surface area contributed by atoms with Crippen LogP contribution in [0.5, 0.6) is 0 Å². The summed E-state index contributed by atoms with van der Waals surface area (Å²) < 4.78 is 42.6. The second-order valence-electron chi connectivity index (χ2n) is 5.66. The molecule has 0 aliphatic carbocycles. The maximum atomic E-state index is 12.4. The van der Waals surface area contributed by atoms with E-state index in [0.717, 1.165) is 24.3 Å². The molecule has 3 nitrogen and oxygen atoms in total. The van der Waals surface area contributed by atoms with E-state index in [9.17, 15) is 23.3 Å². The second kappa shape index (κ2) is 5.39. The molecule has 20 heavy (non-hydrogen) atoms. The number of hydrogen-bond donors (Lipinski definition) is 2. The Labute approximate surface area is 116 Å². The first-order chi connectivity index (χ1) is 8.84. The van der Waals surface area contributed by atoms with Crippen molar-refractivity contribution < 1.29 is 28.0 Å². The lowest BCUT2D eigenvalue weighted by atomic mass is 9.76. The van der Waals surface area contributed by atoms with Gasteiger partial charge < -0.3 is 14.8 Å². The van der Waals surface area contributed by atoms with Crippen LogP contribution in [0.2, 0.25) is 0 Å². The van der Waals surface area contributed by atoms with Gasteiger partial charge >= 0.3 is 13.3 Å². The summed E-state index contributed by atoms with van der Waals surface area (Å²) in [6, 6.07) is 4.04. The third kappa shape index (κ3) is 3.97. The molecule has 0 radical (unpaired) electrons. The third-order valence-electron chi connectivity index (χ3n) is 3.40. The Hall–Kier alpha value is -1.05. The predicted molar refractivity (Wildman–Crippen MR) is 70.5 cm³/mol. The Morgan fingerprint density at radius 2 is 1.45 bits per heavy atom. The highest BCUT2D eigenvalue weighted by Crippen LogP contribution is 2.28. The van der Waals surface area contributed by atoms with Gasteiger partial charge in [0.1, 0.15) is 0 Å². The van der Waals surface area contributed by atoms with Crippen molar-refractivity contribution in [3.05, 3.63) is 29.8 Å². The topological polar surface area (TPSA) is 49.7 Å². The first kappa shape index (κ1) is 17.0.